The number of hydrogen-bond donors (Lipinski definition) is 1. The van der Waals surface area contributed by atoms with Crippen LogP contribution in [0.5, 0.6) is 5.88 Å². The largest absolute Gasteiger partial charge is 0.479 e. The van der Waals surface area contributed by atoms with Crippen LogP contribution in [-0.2, 0) is 4.74 Å². The molecule has 0 aliphatic heterocycles. The molecule has 0 saturated heterocycles. The molecule has 0 fully saturated rings. The fraction of sp³-hybridized carbons (Fsp3) is 0.455. The predicted molar refractivity (Wildman–Crippen MR) is 65.6 cm³/mol. The first-order valence-electron chi connectivity index (χ1n) is 5.13. The predicted octanol–water partition coefficient (Wildman–Crippen LogP) is 3.23. The average Bonchev–Trinajstić information content (AvgIpc) is 2.20. The summed E-state index contributed by atoms with van der Waals surface area (Å²) in [5.74, 6) is -0.970. The van der Waals surface area contributed by atoms with Gasteiger partial charge in [-0.05, 0) is 20.8 Å². The third-order valence-electron chi connectivity index (χ3n) is 1.73. The van der Waals surface area contributed by atoms with Crippen LogP contribution in [0.2, 0.25) is 5.15 Å². The molecule has 0 bridgehead atoms. The smallest absolute Gasteiger partial charge is 0.412 e. The minimum atomic E-state index is -0.740. The highest BCUT2D eigenvalue weighted by molar-refractivity contribution is 6.32. The summed E-state index contributed by atoms with van der Waals surface area (Å²) in [5.41, 5.74) is -0.640. The Morgan fingerprint density at radius 1 is 1.50 bits per heavy atom. The highest BCUT2D eigenvalue weighted by Crippen LogP contribution is 2.26. The molecule has 0 aromatic carbocycles. The number of rotatable bonds is 2. The van der Waals surface area contributed by atoms with E-state index in [2.05, 4.69) is 15.0 Å². The van der Waals surface area contributed by atoms with Crippen molar-refractivity contribution in [1.82, 2.24) is 4.98 Å². The molecule has 7 heteroatoms. The zero-order valence-corrected chi connectivity index (χ0v) is 11.3. The average molecular weight is 277 g/mol. The van der Waals surface area contributed by atoms with Gasteiger partial charge in [0.05, 0.1) is 12.8 Å². The van der Waals surface area contributed by atoms with E-state index in [0.717, 1.165) is 6.07 Å². The summed E-state index contributed by atoms with van der Waals surface area (Å²) >= 11 is 5.77. The number of ether oxygens (including phenoxy) is 2. The highest BCUT2D eigenvalue weighted by atomic mass is 35.5. The van der Waals surface area contributed by atoms with Crippen molar-refractivity contribution in [2.45, 2.75) is 26.4 Å². The number of anilines is 1. The first kappa shape index (κ1) is 14.5. The van der Waals surface area contributed by atoms with E-state index in [1.807, 2.05) is 0 Å². The van der Waals surface area contributed by atoms with E-state index in [9.17, 15) is 9.18 Å². The van der Waals surface area contributed by atoms with Crippen LogP contribution < -0.4 is 10.1 Å². The monoisotopic (exact) mass is 276 g/mol. The summed E-state index contributed by atoms with van der Waals surface area (Å²) in [6, 6.07) is 1.01. The van der Waals surface area contributed by atoms with E-state index in [-0.39, 0.29) is 16.7 Å². The Morgan fingerprint density at radius 3 is 2.61 bits per heavy atom. The van der Waals surface area contributed by atoms with Crippen LogP contribution in [0.25, 0.3) is 0 Å². The molecule has 1 heterocycles. The Labute approximate surface area is 109 Å². The van der Waals surface area contributed by atoms with Crippen LogP contribution in [0.15, 0.2) is 6.07 Å². The van der Waals surface area contributed by atoms with Gasteiger partial charge in [0.2, 0.25) is 0 Å². The number of halogens is 2. The normalized spacial score (nSPS) is 11.0. The maximum Gasteiger partial charge on any atom is 0.412 e. The number of nitrogens with one attached hydrogen (secondary N) is 1. The summed E-state index contributed by atoms with van der Waals surface area (Å²) in [6.07, 6.45) is -0.740. The van der Waals surface area contributed by atoms with E-state index in [1.54, 1.807) is 20.8 Å². The highest BCUT2D eigenvalue weighted by Gasteiger charge is 2.18. The molecule has 5 nitrogen and oxygen atoms in total. The molecule has 0 atom stereocenters. The summed E-state index contributed by atoms with van der Waals surface area (Å²) in [6.45, 7) is 5.13. The molecule has 0 saturated carbocycles. The summed E-state index contributed by atoms with van der Waals surface area (Å²) < 4.78 is 23.0. The number of pyridine rings is 1. The SMILES string of the molecule is COc1nc(Cl)c(NC(=O)OC(C)(C)C)cc1F. The number of aromatic nitrogens is 1. The van der Waals surface area contributed by atoms with Crippen molar-refractivity contribution in [3.63, 3.8) is 0 Å². The lowest BCUT2D eigenvalue weighted by Crippen LogP contribution is -2.27. The Balaban J connectivity index is 2.86. The Hall–Kier alpha value is -1.56. The molecule has 1 aromatic heterocycles. The first-order valence-corrected chi connectivity index (χ1v) is 5.51. The van der Waals surface area contributed by atoms with Gasteiger partial charge in [0, 0.05) is 6.07 Å². The molecule has 0 unspecified atom stereocenters. The van der Waals surface area contributed by atoms with Crippen LogP contribution >= 0.6 is 11.6 Å². The molecule has 0 aliphatic rings. The fourth-order valence-electron chi connectivity index (χ4n) is 1.10. The molecular weight excluding hydrogens is 263 g/mol. The maximum absolute atomic E-state index is 13.4. The summed E-state index contributed by atoms with van der Waals surface area (Å²) in [7, 11) is 1.27. The number of amides is 1. The van der Waals surface area contributed by atoms with Crippen molar-refractivity contribution in [2.75, 3.05) is 12.4 Å². The molecule has 0 spiro atoms. The van der Waals surface area contributed by atoms with Crippen molar-refractivity contribution in [1.29, 1.82) is 0 Å². The Bertz CT molecular complexity index is 460. The summed E-state index contributed by atoms with van der Waals surface area (Å²) in [5, 5.41) is 2.22. The number of carbonyl (C=O) groups is 1. The van der Waals surface area contributed by atoms with Crippen molar-refractivity contribution < 1.29 is 18.7 Å². The maximum atomic E-state index is 13.4. The van der Waals surface area contributed by atoms with Gasteiger partial charge in [-0.3, -0.25) is 5.32 Å². The molecule has 100 valence electrons. The van der Waals surface area contributed by atoms with Crippen LogP contribution in [-0.4, -0.2) is 23.8 Å². The van der Waals surface area contributed by atoms with Gasteiger partial charge in [0.25, 0.3) is 5.88 Å². The van der Waals surface area contributed by atoms with E-state index < -0.39 is 17.5 Å². The standard InChI is InChI=1S/C11H14ClFN2O3/c1-11(2,3)18-10(16)14-7-5-6(13)9(17-4)15-8(7)12/h5H,1-4H3,(H,14,16). The minimum Gasteiger partial charge on any atom is -0.479 e. The summed E-state index contributed by atoms with van der Waals surface area (Å²) in [4.78, 5) is 15.1. The lowest BCUT2D eigenvalue weighted by atomic mass is 10.2. The van der Waals surface area contributed by atoms with Crippen molar-refractivity contribution in [2.24, 2.45) is 0 Å². The topological polar surface area (TPSA) is 60.5 Å². The molecule has 1 amide bonds. The number of hydrogen-bond acceptors (Lipinski definition) is 4. The molecule has 0 radical (unpaired) electrons. The van der Waals surface area contributed by atoms with Gasteiger partial charge < -0.3 is 9.47 Å². The van der Waals surface area contributed by atoms with E-state index in [1.165, 1.54) is 7.11 Å². The van der Waals surface area contributed by atoms with Gasteiger partial charge in [-0.25, -0.2) is 9.18 Å². The van der Waals surface area contributed by atoms with E-state index in [0.29, 0.717) is 0 Å². The van der Waals surface area contributed by atoms with Crippen LogP contribution in [0.3, 0.4) is 0 Å². The molecule has 1 rings (SSSR count). The lowest BCUT2D eigenvalue weighted by Gasteiger charge is -2.19. The number of nitrogens with zero attached hydrogens (tertiary/aromatic N) is 1. The van der Waals surface area contributed by atoms with Crippen LogP contribution in [0, 0.1) is 5.82 Å². The van der Waals surface area contributed by atoms with Crippen molar-refractivity contribution >= 4 is 23.4 Å². The third kappa shape index (κ3) is 4.03. The minimum absolute atomic E-state index is 0.0178. The van der Waals surface area contributed by atoms with Crippen LogP contribution in [0.1, 0.15) is 20.8 Å². The number of carbonyl (C=O) groups excluding carboxylic acids is 1. The molecule has 0 aliphatic carbocycles. The third-order valence-corrected chi connectivity index (χ3v) is 2.01. The zero-order chi connectivity index (χ0) is 13.9. The van der Waals surface area contributed by atoms with E-state index >= 15 is 0 Å². The van der Waals surface area contributed by atoms with Gasteiger partial charge in [0.1, 0.15) is 5.60 Å². The van der Waals surface area contributed by atoms with Crippen LogP contribution in [0.4, 0.5) is 14.9 Å². The quantitative estimate of drug-likeness (QED) is 0.843. The van der Waals surface area contributed by atoms with Crippen molar-refractivity contribution in [3.8, 4) is 5.88 Å². The van der Waals surface area contributed by atoms with Gasteiger partial charge in [0.15, 0.2) is 11.0 Å². The Morgan fingerprint density at radius 2 is 2.11 bits per heavy atom. The second-order valence-corrected chi connectivity index (χ2v) is 4.80. The Kier molecular flexibility index (Phi) is 4.34. The second kappa shape index (κ2) is 5.39. The first-order chi connectivity index (χ1) is 8.23. The van der Waals surface area contributed by atoms with Gasteiger partial charge in [-0.2, -0.15) is 4.98 Å². The zero-order valence-electron chi connectivity index (χ0n) is 10.5. The second-order valence-electron chi connectivity index (χ2n) is 4.44. The lowest BCUT2D eigenvalue weighted by molar-refractivity contribution is 0.0636. The van der Waals surface area contributed by atoms with Gasteiger partial charge in [-0.1, -0.05) is 11.6 Å². The molecule has 18 heavy (non-hydrogen) atoms. The van der Waals surface area contributed by atoms with Gasteiger partial charge >= 0.3 is 6.09 Å². The molecule has 1 N–H and O–H groups in total. The molecule has 1 aromatic rings. The van der Waals surface area contributed by atoms with Crippen molar-refractivity contribution in [3.05, 3.63) is 17.0 Å². The molecular formula is C11H14ClFN2O3. The van der Waals surface area contributed by atoms with Gasteiger partial charge in [-0.15, -0.1) is 0 Å². The van der Waals surface area contributed by atoms with E-state index in [4.69, 9.17) is 16.3 Å². The fourth-order valence-corrected chi connectivity index (χ4v) is 1.27. The number of methoxy groups -OCH3 is 1.